The van der Waals surface area contributed by atoms with E-state index in [1.807, 2.05) is 30.5 Å². The van der Waals surface area contributed by atoms with E-state index >= 15 is 0 Å². The minimum atomic E-state index is 0.679. The van der Waals surface area contributed by atoms with Gasteiger partial charge in [-0.2, -0.15) is 15.3 Å². The van der Waals surface area contributed by atoms with Crippen LogP contribution < -0.4 is 0 Å². The molecule has 0 saturated heterocycles. The van der Waals surface area contributed by atoms with Gasteiger partial charge in [0.15, 0.2) is 11.6 Å². The quantitative estimate of drug-likeness (QED) is 0.795. The molecular formula is C13H13N5S. The molecule has 0 amide bonds. The van der Waals surface area contributed by atoms with Crippen LogP contribution in [0.3, 0.4) is 0 Å². The summed E-state index contributed by atoms with van der Waals surface area (Å²) in [5.74, 6) is 1.47. The zero-order chi connectivity index (χ0) is 13.2. The SMILES string of the molecule is CCc1nnc(C)cc1-c1n[nH]c(-c2cccs2)n1. The zero-order valence-electron chi connectivity index (χ0n) is 10.7. The fourth-order valence-corrected chi connectivity index (χ4v) is 2.54. The first-order valence-corrected chi connectivity index (χ1v) is 6.95. The lowest BCUT2D eigenvalue weighted by atomic mass is 10.1. The van der Waals surface area contributed by atoms with Gasteiger partial charge >= 0.3 is 0 Å². The van der Waals surface area contributed by atoms with Gasteiger partial charge in [0.1, 0.15) is 0 Å². The second-order valence-corrected chi connectivity index (χ2v) is 5.13. The highest BCUT2D eigenvalue weighted by Gasteiger charge is 2.13. The molecule has 0 aliphatic heterocycles. The van der Waals surface area contributed by atoms with Crippen LogP contribution in [0.4, 0.5) is 0 Å². The first-order chi connectivity index (χ1) is 9.28. The fourth-order valence-electron chi connectivity index (χ4n) is 1.87. The number of H-pyrrole nitrogens is 1. The Morgan fingerprint density at radius 3 is 2.95 bits per heavy atom. The van der Waals surface area contributed by atoms with Gasteiger partial charge in [-0.25, -0.2) is 4.98 Å². The lowest BCUT2D eigenvalue weighted by Crippen LogP contribution is -1.98. The lowest BCUT2D eigenvalue weighted by Gasteiger charge is -2.02. The van der Waals surface area contributed by atoms with E-state index in [4.69, 9.17) is 0 Å². The lowest BCUT2D eigenvalue weighted by molar-refractivity contribution is 0.892. The van der Waals surface area contributed by atoms with Crippen LogP contribution in [0.2, 0.25) is 0 Å². The van der Waals surface area contributed by atoms with E-state index in [0.717, 1.165) is 34.1 Å². The molecule has 0 aromatic carbocycles. The molecule has 0 unspecified atom stereocenters. The van der Waals surface area contributed by atoms with Crippen molar-refractivity contribution < 1.29 is 0 Å². The van der Waals surface area contributed by atoms with E-state index < -0.39 is 0 Å². The monoisotopic (exact) mass is 271 g/mol. The van der Waals surface area contributed by atoms with E-state index in [0.29, 0.717) is 5.82 Å². The van der Waals surface area contributed by atoms with Crippen LogP contribution in [0, 0.1) is 6.92 Å². The average Bonchev–Trinajstić information content (AvgIpc) is 3.09. The van der Waals surface area contributed by atoms with E-state index in [2.05, 4.69) is 32.3 Å². The van der Waals surface area contributed by atoms with Gasteiger partial charge in [0.25, 0.3) is 0 Å². The Balaban J connectivity index is 2.06. The van der Waals surface area contributed by atoms with E-state index in [9.17, 15) is 0 Å². The van der Waals surface area contributed by atoms with Crippen molar-refractivity contribution in [3.8, 4) is 22.1 Å². The summed E-state index contributed by atoms with van der Waals surface area (Å²) in [4.78, 5) is 5.63. The number of thiophene rings is 1. The molecule has 0 atom stereocenters. The third-order valence-corrected chi connectivity index (χ3v) is 3.68. The Morgan fingerprint density at radius 1 is 1.32 bits per heavy atom. The molecule has 3 aromatic rings. The van der Waals surface area contributed by atoms with Gasteiger partial charge in [-0.05, 0) is 30.9 Å². The summed E-state index contributed by atoms with van der Waals surface area (Å²) in [5, 5.41) is 17.6. The van der Waals surface area contributed by atoms with E-state index in [1.54, 1.807) is 11.3 Å². The van der Waals surface area contributed by atoms with Crippen LogP contribution in [0.25, 0.3) is 22.1 Å². The molecule has 6 heteroatoms. The molecular weight excluding hydrogens is 258 g/mol. The molecule has 0 radical (unpaired) electrons. The number of hydrogen-bond donors (Lipinski definition) is 1. The van der Waals surface area contributed by atoms with Crippen molar-refractivity contribution in [2.75, 3.05) is 0 Å². The Bertz CT molecular complexity index is 687. The molecule has 0 bridgehead atoms. The van der Waals surface area contributed by atoms with Crippen molar-refractivity contribution in [2.45, 2.75) is 20.3 Å². The Morgan fingerprint density at radius 2 is 2.21 bits per heavy atom. The maximum Gasteiger partial charge on any atom is 0.183 e. The van der Waals surface area contributed by atoms with Gasteiger partial charge in [-0.15, -0.1) is 11.3 Å². The molecule has 19 heavy (non-hydrogen) atoms. The molecule has 96 valence electrons. The van der Waals surface area contributed by atoms with Crippen molar-refractivity contribution in [1.29, 1.82) is 0 Å². The molecule has 3 rings (SSSR count). The molecule has 3 aromatic heterocycles. The number of nitrogens with one attached hydrogen (secondary N) is 1. The third-order valence-electron chi connectivity index (χ3n) is 2.81. The van der Waals surface area contributed by atoms with Crippen LogP contribution in [0.15, 0.2) is 23.6 Å². The van der Waals surface area contributed by atoms with Crippen molar-refractivity contribution >= 4 is 11.3 Å². The van der Waals surface area contributed by atoms with Crippen LogP contribution >= 0.6 is 11.3 Å². The van der Waals surface area contributed by atoms with Gasteiger partial charge in [-0.3, -0.25) is 5.10 Å². The zero-order valence-corrected chi connectivity index (χ0v) is 11.5. The molecule has 1 N–H and O–H groups in total. The first kappa shape index (κ1) is 12.0. The number of rotatable bonds is 3. The van der Waals surface area contributed by atoms with Crippen molar-refractivity contribution in [2.24, 2.45) is 0 Å². The summed E-state index contributed by atoms with van der Waals surface area (Å²) < 4.78 is 0. The maximum atomic E-state index is 4.55. The van der Waals surface area contributed by atoms with Crippen molar-refractivity contribution in [1.82, 2.24) is 25.4 Å². The highest BCUT2D eigenvalue weighted by molar-refractivity contribution is 7.13. The van der Waals surface area contributed by atoms with Crippen LogP contribution in [-0.4, -0.2) is 25.4 Å². The minimum absolute atomic E-state index is 0.679. The predicted molar refractivity (Wildman–Crippen MR) is 74.8 cm³/mol. The third kappa shape index (κ3) is 2.26. The first-order valence-electron chi connectivity index (χ1n) is 6.07. The summed E-state index contributed by atoms with van der Waals surface area (Å²) in [7, 11) is 0. The van der Waals surface area contributed by atoms with Crippen LogP contribution in [0.1, 0.15) is 18.3 Å². The second kappa shape index (κ2) is 4.89. The smallest absolute Gasteiger partial charge is 0.183 e. The van der Waals surface area contributed by atoms with Gasteiger partial charge in [0, 0.05) is 5.56 Å². The molecule has 0 aliphatic rings. The highest BCUT2D eigenvalue weighted by atomic mass is 32.1. The minimum Gasteiger partial charge on any atom is -0.258 e. The van der Waals surface area contributed by atoms with Crippen molar-refractivity contribution in [3.05, 3.63) is 35.0 Å². The van der Waals surface area contributed by atoms with Crippen molar-refractivity contribution in [3.63, 3.8) is 0 Å². The second-order valence-electron chi connectivity index (χ2n) is 4.18. The topological polar surface area (TPSA) is 67.3 Å². The molecule has 0 spiro atoms. The molecule has 0 saturated carbocycles. The van der Waals surface area contributed by atoms with Gasteiger partial charge in [0.2, 0.25) is 0 Å². The largest absolute Gasteiger partial charge is 0.258 e. The van der Waals surface area contributed by atoms with Gasteiger partial charge in [-0.1, -0.05) is 13.0 Å². The number of aryl methyl sites for hydroxylation is 2. The number of aromatic nitrogens is 5. The molecule has 3 heterocycles. The van der Waals surface area contributed by atoms with Gasteiger partial charge in [0.05, 0.1) is 16.3 Å². The summed E-state index contributed by atoms with van der Waals surface area (Å²) in [5.41, 5.74) is 2.74. The number of nitrogens with zero attached hydrogens (tertiary/aromatic N) is 4. The van der Waals surface area contributed by atoms with Crippen LogP contribution in [0.5, 0.6) is 0 Å². The fraction of sp³-hybridized carbons (Fsp3) is 0.231. The standard InChI is InChI=1S/C13H13N5S/c1-3-10-9(7-8(2)15-16-10)12-14-13(18-17-12)11-5-4-6-19-11/h4-7H,3H2,1-2H3,(H,14,17,18). The van der Waals surface area contributed by atoms with Crippen LogP contribution in [-0.2, 0) is 6.42 Å². The molecule has 0 fully saturated rings. The summed E-state index contributed by atoms with van der Waals surface area (Å²) in [6, 6.07) is 6.00. The van der Waals surface area contributed by atoms with Gasteiger partial charge < -0.3 is 0 Å². The normalized spacial score (nSPS) is 10.8. The number of hydrogen-bond acceptors (Lipinski definition) is 5. The average molecular weight is 271 g/mol. The Labute approximate surface area is 114 Å². The molecule has 0 aliphatic carbocycles. The van der Waals surface area contributed by atoms with E-state index in [1.165, 1.54) is 0 Å². The summed E-state index contributed by atoms with van der Waals surface area (Å²) >= 11 is 1.64. The Hall–Kier alpha value is -2.08. The predicted octanol–water partition coefficient (Wildman–Crippen LogP) is 2.86. The summed E-state index contributed by atoms with van der Waals surface area (Å²) in [6.07, 6.45) is 0.811. The Kier molecular flexibility index (Phi) is 3.08. The highest BCUT2D eigenvalue weighted by Crippen LogP contribution is 2.25. The maximum absolute atomic E-state index is 4.55. The van der Waals surface area contributed by atoms with E-state index in [-0.39, 0.29) is 0 Å². The number of aromatic amines is 1. The summed E-state index contributed by atoms with van der Waals surface area (Å²) in [6.45, 7) is 3.97. The molecule has 5 nitrogen and oxygen atoms in total.